The molecule has 2 atom stereocenters. The predicted octanol–water partition coefficient (Wildman–Crippen LogP) is 5.44. The molecule has 3 heteroatoms. The number of phenols is 1. The van der Waals surface area contributed by atoms with Crippen LogP contribution in [0.1, 0.15) is 58.1 Å². The van der Waals surface area contributed by atoms with E-state index in [-0.39, 0.29) is 5.97 Å². The standard InChI is InChI=1S/C23H20O3/c1-13-6-5-9-17-18(13)22(26-23(25)14-7-3-2-4-8-14)20-16-11-10-15(12-16)19(20)21(17)24/h2-9,15-16,24H,10-12H2,1H3. The molecule has 3 aromatic rings. The van der Waals surface area contributed by atoms with Crippen LogP contribution in [-0.4, -0.2) is 11.1 Å². The molecule has 2 aliphatic rings. The van der Waals surface area contributed by atoms with E-state index in [1.807, 2.05) is 43.3 Å². The number of aryl methyl sites for hydroxylation is 1. The van der Waals surface area contributed by atoms with Gasteiger partial charge in [-0.3, -0.25) is 0 Å². The van der Waals surface area contributed by atoms with Crippen molar-refractivity contribution in [2.45, 2.75) is 38.0 Å². The summed E-state index contributed by atoms with van der Waals surface area (Å²) in [4.78, 5) is 12.8. The fourth-order valence-corrected chi connectivity index (χ4v) is 4.85. The van der Waals surface area contributed by atoms with E-state index in [1.54, 1.807) is 12.1 Å². The third kappa shape index (κ3) is 2.10. The van der Waals surface area contributed by atoms with Gasteiger partial charge in [0.15, 0.2) is 0 Å². The minimum absolute atomic E-state index is 0.342. The number of ether oxygens (including phenoxy) is 1. The Morgan fingerprint density at radius 2 is 1.73 bits per heavy atom. The molecule has 0 aliphatic heterocycles. The molecule has 0 aromatic heterocycles. The molecule has 1 saturated carbocycles. The summed E-state index contributed by atoms with van der Waals surface area (Å²) < 4.78 is 6.00. The van der Waals surface area contributed by atoms with E-state index >= 15 is 0 Å². The van der Waals surface area contributed by atoms with Crippen molar-refractivity contribution < 1.29 is 14.6 Å². The highest BCUT2D eigenvalue weighted by Crippen LogP contribution is 2.61. The lowest BCUT2D eigenvalue weighted by Crippen LogP contribution is -2.12. The number of esters is 1. The smallest absolute Gasteiger partial charge is 0.343 e. The number of carbonyl (C=O) groups excluding carboxylic acids is 1. The van der Waals surface area contributed by atoms with Gasteiger partial charge < -0.3 is 9.84 Å². The van der Waals surface area contributed by atoms with E-state index < -0.39 is 0 Å². The molecule has 2 bridgehead atoms. The van der Waals surface area contributed by atoms with Crippen molar-refractivity contribution in [3.63, 3.8) is 0 Å². The SMILES string of the molecule is Cc1cccc2c(O)c3c(c(OC(=O)c4ccccc4)c12)C1CCC3C1. The Morgan fingerprint density at radius 1 is 1.00 bits per heavy atom. The minimum atomic E-state index is -0.342. The maximum absolute atomic E-state index is 12.8. The lowest BCUT2D eigenvalue weighted by atomic mass is 9.86. The van der Waals surface area contributed by atoms with E-state index in [0.29, 0.717) is 28.9 Å². The van der Waals surface area contributed by atoms with Crippen LogP contribution in [0.4, 0.5) is 0 Å². The average molecular weight is 344 g/mol. The average Bonchev–Trinajstić information content (AvgIpc) is 3.28. The van der Waals surface area contributed by atoms with Crippen LogP contribution in [0.25, 0.3) is 10.8 Å². The van der Waals surface area contributed by atoms with Crippen LogP contribution >= 0.6 is 0 Å². The Hall–Kier alpha value is -2.81. The monoisotopic (exact) mass is 344 g/mol. The third-order valence-electron chi connectivity index (χ3n) is 6.00. The second-order valence-electron chi connectivity index (χ2n) is 7.46. The molecule has 1 fully saturated rings. The van der Waals surface area contributed by atoms with Gasteiger partial charge in [0.1, 0.15) is 11.5 Å². The normalized spacial score (nSPS) is 20.3. The molecule has 0 heterocycles. The predicted molar refractivity (Wildman–Crippen MR) is 101 cm³/mol. The van der Waals surface area contributed by atoms with E-state index in [1.165, 1.54) is 0 Å². The molecular formula is C23H20O3. The zero-order chi connectivity index (χ0) is 17.8. The van der Waals surface area contributed by atoms with Crippen LogP contribution in [0.3, 0.4) is 0 Å². The minimum Gasteiger partial charge on any atom is -0.507 e. The molecule has 3 aromatic carbocycles. The lowest BCUT2D eigenvalue weighted by molar-refractivity contribution is 0.0735. The molecule has 3 nitrogen and oxygen atoms in total. The maximum atomic E-state index is 12.8. The van der Waals surface area contributed by atoms with Gasteiger partial charge in [-0.1, -0.05) is 36.4 Å². The summed E-state index contributed by atoms with van der Waals surface area (Å²) in [6, 6.07) is 15.0. The van der Waals surface area contributed by atoms with Crippen molar-refractivity contribution in [2.24, 2.45) is 0 Å². The van der Waals surface area contributed by atoms with Crippen LogP contribution in [0.15, 0.2) is 48.5 Å². The van der Waals surface area contributed by atoms with Crippen molar-refractivity contribution in [3.8, 4) is 11.5 Å². The highest BCUT2D eigenvalue weighted by Gasteiger charge is 2.42. The molecule has 2 aliphatic carbocycles. The molecule has 0 saturated heterocycles. The van der Waals surface area contributed by atoms with Crippen molar-refractivity contribution in [1.82, 2.24) is 0 Å². The molecule has 0 amide bonds. The molecule has 0 spiro atoms. The lowest BCUT2D eigenvalue weighted by Gasteiger charge is -2.23. The molecule has 1 N–H and O–H groups in total. The van der Waals surface area contributed by atoms with Crippen LogP contribution in [-0.2, 0) is 0 Å². The molecular weight excluding hydrogens is 324 g/mol. The topological polar surface area (TPSA) is 46.5 Å². The van der Waals surface area contributed by atoms with Crippen LogP contribution in [0.2, 0.25) is 0 Å². The molecule has 26 heavy (non-hydrogen) atoms. The van der Waals surface area contributed by atoms with Gasteiger partial charge in [0.05, 0.1) is 5.56 Å². The highest BCUT2D eigenvalue weighted by atomic mass is 16.5. The number of benzene rings is 3. The van der Waals surface area contributed by atoms with Crippen molar-refractivity contribution >= 4 is 16.7 Å². The van der Waals surface area contributed by atoms with Gasteiger partial charge in [0, 0.05) is 21.9 Å². The van der Waals surface area contributed by atoms with Crippen molar-refractivity contribution in [3.05, 3.63) is 70.8 Å². The first kappa shape index (κ1) is 15.4. The van der Waals surface area contributed by atoms with Gasteiger partial charge in [-0.2, -0.15) is 0 Å². The summed E-state index contributed by atoms with van der Waals surface area (Å²) >= 11 is 0. The van der Waals surface area contributed by atoms with Gasteiger partial charge in [-0.15, -0.1) is 0 Å². The Labute approximate surface area is 152 Å². The Kier molecular flexibility index (Phi) is 3.33. The van der Waals surface area contributed by atoms with E-state index in [2.05, 4.69) is 0 Å². The Bertz CT molecular complexity index is 1040. The number of phenolic OH excluding ortho intramolecular Hbond substituents is 1. The fraction of sp³-hybridized carbons (Fsp3) is 0.261. The van der Waals surface area contributed by atoms with Gasteiger partial charge in [-0.25, -0.2) is 4.79 Å². The van der Waals surface area contributed by atoms with Crippen LogP contribution in [0, 0.1) is 6.92 Å². The van der Waals surface area contributed by atoms with Crippen LogP contribution in [0.5, 0.6) is 11.5 Å². The first-order valence-electron chi connectivity index (χ1n) is 9.20. The Morgan fingerprint density at radius 3 is 2.50 bits per heavy atom. The van der Waals surface area contributed by atoms with Gasteiger partial charge in [0.25, 0.3) is 0 Å². The fourth-order valence-electron chi connectivity index (χ4n) is 4.85. The maximum Gasteiger partial charge on any atom is 0.343 e. The zero-order valence-corrected chi connectivity index (χ0v) is 14.7. The quantitative estimate of drug-likeness (QED) is 0.497. The van der Waals surface area contributed by atoms with Crippen molar-refractivity contribution in [2.75, 3.05) is 0 Å². The van der Waals surface area contributed by atoms with E-state index in [9.17, 15) is 9.90 Å². The summed E-state index contributed by atoms with van der Waals surface area (Å²) in [6.45, 7) is 2.00. The number of rotatable bonds is 2. The number of fused-ring (bicyclic) bond motifs is 6. The summed E-state index contributed by atoms with van der Waals surface area (Å²) in [5, 5.41) is 12.6. The third-order valence-corrected chi connectivity index (χ3v) is 6.00. The molecule has 2 unspecified atom stereocenters. The first-order valence-corrected chi connectivity index (χ1v) is 9.20. The Balaban J connectivity index is 1.75. The number of aromatic hydroxyl groups is 1. The zero-order valence-electron chi connectivity index (χ0n) is 14.7. The summed E-state index contributed by atoms with van der Waals surface area (Å²) in [5.41, 5.74) is 3.62. The van der Waals surface area contributed by atoms with Crippen LogP contribution < -0.4 is 4.74 Å². The van der Waals surface area contributed by atoms with Crippen molar-refractivity contribution in [1.29, 1.82) is 0 Å². The second kappa shape index (κ2) is 5.60. The number of carbonyl (C=O) groups is 1. The first-order chi connectivity index (χ1) is 12.6. The largest absolute Gasteiger partial charge is 0.507 e. The van der Waals surface area contributed by atoms with Gasteiger partial charge in [-0.05, 0) is 55.7 Å². The van der Waals surface area contributed by atoms with Gasteiger partial charge in [0.2, 0.25) is 0 Å². The summed E-state index contributed by atoms with van der Waals surface area (Å²) in [6.07, 6.45) is 3.26. The van der Waals surface area contributed by atoms with Gasteiger partial charge >= 0.3 is 5.97 Å². The van der Waals surface area contributed by atoms with E-state index in [0.717, 1.165) is 46.7 Å². The molecule has 0 radical (unpaired) electrons. The highest BCUT2D eigenvalue weighted by molar-refractivity contribution is 6.01. The molecule has 130 valence electrons. The molecule has 5 rings (SSSR count). The summed E-state index contributed by atoms with van der Waals surface area (Å²) in [5.74, 6) is 1.46. The van der Waals surface area contributed by atoms with E-state index in [4.69, 9.17) is 4.74 Å². The number of hydrogen-bond donors (Lipinski definition) is 1. The number of hydrogen-bond acceptors (Lipinski definition) is 3. The summed E-state index contributed by atoms with van der Waals surface area (Å²) in [7, 11) is 0. The second-order valence-corrected chi connectivity index (χ2v) is 7.46.